The monoisotopic (exact) mass is 562 g/mol. The molecule has 2 aliphatic carbocycles. The zero-order valence-electron chi connectivity index (χ0n) is 22.9. The molecule has 1 aromatic heterocycles. The average Bonchev–Trinajstić information content (AvgIpc) is 3.35. The Morgan fingerprint density at radius 3 is 2.46 bits per heavy atom. The zero-order chi connectivity index (χ0) is 28.7. The minimum absolute atomic E-state index is 0.00305. The maximum atomic E-state index is 13.1. The number of carbonyl (C=O) groups is 1. The Balaban J connectivity index is 1.50. The van der Waals surface area contributed by atoms with Crippen LogP contribution in [0.15, 0.2) is 90.5 Å². The smallest absolute Gasteiger partial charge is 0.201 e. The molecule has 3 aromatic carbocycles. The third-order valence-electron chi connectivity index (χ3n) is 8.66. The number of nitrogens with zero attached hydrogens (tertiary/aromatic N) is 3. The summed E-state index contributed by atoms with van der Waals surface area (Å²) in [6, 6.07) is 28.5. The number of allylic oxidation sites excluding steroid dienone is 2. The van der Waals surface area contributed by atoms with E-state index in [-0.39, 0.29) is 29.7 Å². The van der Waals surface area contributed by atoms with Crippen molar-refractivity contribution in [1.29, 1.82) is 5.26 Å². The van der Waals surface area contributed by atoms with E-state index in [1.165, 1.54) is 0 Å². The van der Waals surface area contributed by atoms with E-state index in [0.717, 1.165) is 57.6 Å². The predicted molar refractivity (Wildman–Crippen MR) is 158 cm³/mol. The maximum absolute atomic E-state index is 13.1. The fourth-order valence-electron chi connectivity index (χ4n) is 6.85. The predicted octanol–water partition coefficient (Wildman–Crippen LogP) is 4.89. The van der Waals surface area contributed by atoms with Crippen LogP contribution < -0.4 is 4.72 Å². The van der Waals surface area contributed by atoms with Crippen LogP contribution in [-0.2, 0) is 41.1 Å². The van der Waals surface area contributed by atoms with Gasteiger partial charge in [0.2, 0.25) is 10.9 Å². The summed E-state index contributed by atoms with van der Waals surface area (Å²) >= 11 is 0. The Kier molecular flexibility index (Phi) is 6.94. The van der Waals surface area contributed by atoms with Gasteiger partial charge in [0.25, 0.3) is 0 Å². The Hall–Kier alpha value is -4.32. The van der Waals surface area contributed by atoms with Crippen molar-refractivity contribution in [3.63, 3.8) is 0 Å². The first-order valence-electron chi connectivity index (χ1n) is 13.7. The highest BCUT2D eigenvalue weighted by Gasteiger charge is 2.54. The second kappa shape index (κ2) is 10.6. The van der Waals surface area contributed by atoms with Gasteiger partial charge in [-0.15, -0.1) is 0 Å². The van der Waals surface area contributed by atoms with Crippen molar-refractivity contribution in [3.8, 4) is 28.5 Å². The van der Waals surface area contributed by atoms with E-state index >= 15 is 0 Å². The number of aromatic nitrogens is 2. The van der Waals surface area contributed by atoms with Crippen molar-refractivity contribution in [2.75, 3.05) is 0 Å². The van der Waals surface area contributed by atoms with Gasteiger partial charge in [-0.1, -0.05) is 73.7 Å². The van der Waals surface area contributed by atoms with E-state index in [4.69, 9.17) is 5.10 Å². The summed E-state index contributed by atoms with van der Waals surface area (Å²) < 4.78 is 26.4. The number of fused-ring (bicyclic) bond motifs is 3. The van der Waals surface area contributed by atoms with Gasteiger partial charge in [-0.05, 0) is 59.2 Å². The molecule has 7 nitrogen and oxygen atoms in total. The summed E-state index contributed by atoms with van der Waals surface area (Å²) in [5, 5.41) is 15.1. The number of aryl methyl sites for hydroxylation is 1. The van der Waals surface area contributed by atoms with Crippen molar-refractivity contribution >= 4 is 16.7 Å². The van der Waals surface area contributed by atoms with Gasteiger partial charge in [0.1, 0.15) is 6.07 Å². The van der Waals surface area contributed by atoms with Crippen LogP contribution in [0.5, 0.6) is 0 Å². The first-order valence-corrected chi connectivity index (χ1v) is 14.9. The van der Waals surface area contributed by atoms with Crippen LogP contribution in [0.2, 0.25) is 0 Å². The van der Waals surface area contributed by atoms with Gasteiger partial charge in [0, 0.05) is 30.6 Å². The van der Waals surface area contributed by atoms with E-state index in [9.17, 15) is 18.5 Å². The van der Waals surface area contributed by atoms with Crippen LogP contribution in [0, 0.1) is 23.2 Å². The van der Waals surface area contributed by atoms with Crippen LogP contribution in [-0.4, -0.2) is 24.0 Å². The van der Waals surface area contributed by atoms with E-state index in [1.807, 2.05) is 79.3 Å². The molecule has 8 heteroatoms. The summed E-state index contributed by atoms with van der Waals surface area (Å²) in [7, 11) is -0.708. The number of nitriles is 1. The molecule has 1 heterocycles. The number of nitrogens with one attached hydrogen (secondary N) is 1. The maximum Gasteiger partial charge on any atom is 0.201 e. The molecule has 0 saturated carbocycles. The molecule has 0 spiro atoms. The summed E-state index contributed by atoms with van der Waals surface area (Å²) in [5.41, 5.74) is 7.55. The largest absolute Gasteiger partial charge is 0.293 e. The SMILES string of the molecule is C[C@@H]1C(=O)C(C#N)=C[C@]2(c3ccccc3)c3nn(C)c(-c4cccc(-c5cccc(CN[SH](=O)=O)c5)c4)c3CC[C@@H]12. The second-order valence-electron chi connectivity index (χ2n) is 10.9. The van der Waals surface area contributed by atoms with Gasteiger partial charge >= 0.3 is 0 Å². The van der Waals surface area contributed by atoms with Crippen molar-refractivity contribution < 1.29 is 13.2 Å². The molecule has 6 rings (SSSR count). The lowest BCUT2D eigenvalue weighted by Crippen LogP contribution is -2.48. The lowest BCUT2D eigenvalue weighted by molar-refractivity contribution is -0.121. The number of rotatable bonds is 6. The van der Waals surface area contributed by atoms with Crippen LogP contribution in [0.1, 0.15) is 35.7 Å². The standard InChI is InChI=1S/C33H30N4O3S/c1-21-29-15-14-28-30(25-11-7-10-24(17-25)23-9-6-8-22(16-23)20-35-41(39)40)37(2)36-32(28)33(29,18-26(19-34)31(21)38)27-12-4-3-5-13-27/h3-13,16-18,21,29,41H,14-15,20H2,1-2H3,(H,35,39,40)/t21-,29-,33+/m0/s1. The van der Waals surface area contributed by atoms with Crippen molar-refractivity contribution in [2.24, 2.45) is 18.9 Å². The van der Waals surface area contributed by atoms with Gasteiger partial charge in [-0.3, -0.25) is 9.48 Å². The minimum atomic E-state index is -2.66. The highest BCUT2D eigenvalue weighted by atomic mass is 32.2. The lowest BCUT2D eigenvalue weighted by atomic mass is 9.54. The molecule has 0 bridgehead atoms. The highest BCUT2D eigenvalue weighted by molar-refractivity contribution is 7.70. The minimum Gasteiger partial charge on any atom is -0.293 e. The van der Waals surface area contributed by atoms with Crippen LogP contribution in [0.4, 0.5) is 0 Å². The molecule has 206 valence electrons. The Morgan fingerprint density at radius 1 is 1.02 bits per heavy atom. The van der Waals surface area contributed by atoms with Gasteiger partial charge in [0.15, 0.2) is 5.78 Å². The molecule has 0 unspecified atom stereocenters. The summed E-state index contributed by atoms with van der Waals surface area (Å²) in [6.07, 6.45) is 3.47. The fraction of sp³-hybridized carbons (Fsp3) is 0.242. The molecule has 0 amide bonds. The summed E-state index contributed by atoms with van der Waals surface area (Å²) in [6.45, 7) is 2.19. The third-order valence-corrected chi connectivity index (χ3v) is 9.08. The van der Waals surface area contributed by atoms with Gasteiger partial charge in [0.05, 0.1) is 22.4 Å². The topological polar surface area (TPSA) is 105 Å². The first-order chi connectivity index (χ1) is 19.8. The molecule has 2 aliphatic rings. The molecule has 4 aromatic rings. The fourth-order valence-corrected chi connectivity index (χ4v) is 7.16. The van der Waals surface area contributed by atoms with Crippen LogP contribution in [0.25, 0.3) is 22.4 Å². The van der Waals surface area contributed by atoms with Gasteiger partial charge in [-0.25, -0.2) is 13.1 Å². The number of hydrogen-bond donors (Lipinski definition) is 2. The molecule has 3 atom stereocenters. The Bertz CT molecular complexity index is 1810. The molecule has 41 heavy (non-hydrogen) atoms. The zero-order valence-corrected chi connectivity index (χ0v) is 23.8. The molecule has 0 saturated heterocycles. The van der Waals surface area contributed by atoms with Crippen molar-refractivity contribution in [1.82, 2.24) is 14.5 Å². The number of hydrogen-bond acceptors (Lipinski definition) is 5. The van der Waals surface area contributed by atoms with Crippen molar-refractivity contribution in [3.05, 3.63) is 113 Å². The highest BCUT2D eigenvalue weighted by Crippen LogP contribution is 2.54. The molecule has 1 N–H and O–H groups in total. The Labute approximate surface area is 241 Å². The van der Waals surface area contributed by atoms with E-state index in [1.54, 1.807) is 0 Å². The van der Waals surface area contributed by atoms with Crippen LogP contribution in [0.3, 0.4) is 0 Å². The van der Waals surface area contributed by atoms with E-state index < -0.39 is 16.3 Å². The second-order valence-corrected chi connectivity index (χ2v) is 11.7. The molecule has 0 fully saturated rings. The third kappa shape index (κ3) is 4.51. The van der Waals surface area contributed by atoms with Gasteiger partial charge < -0.3 is 0 Å². The molecular weight excluding hydrogens is 532 g/mol. The van der Waals surface area contributed by atoms with E-state index in [0.29, 0.717) is 0 Å². The number of Topliss-reactive ketones (excluding diaryl/α,β-unsaturated/α-hetero) is 1. The number of benzene rings is 3. The summed E-state index contributed by atoms with van der Waals surface area (Å²) in [4.78, 5) is 13.1. The summed E-state index contributed by atoms with van der Waals surface area (Å²) in [5.74, 6) is -0.383. The number of carbonyl (C=O) groups excluding carboxylic acids is 1. The number of ketones is 1. The first kappa shape index (κ1) is 26.9. The normalized spacial score (nSPS) is 21.6. The average molecular weight is 563 g/mol. The van der Waals surface area contributed by atoms with Crippen molar-refractivity contribution in [2.45, 2.75) is 31.7 Å². The lowest BCUT2D eigenvalue weighted by Gasteiger charge is -2.47. The Morgan fingerprint density at radius 2 is 1.73 bits per heavy atom. The van der Waals surface area contributed by atoms with E-state index in [2.05, 4.69) is 35.1 Å². The molecular formula is C33H30N4O3S. The molecule has 0 radical (unpaired) electrons. The molecule has 0 aliphatic heterocycles. The number of thiol groups is 1. The van der Waals surface area contributed by atoms with Gasteiger partial charge in [-0.2, -0.15) is 10.4 Å². The quantitative estimate of drug-likeness (QED) is 0.326. The van der Waals surface area contributed by atoms with Crippen LogP contribution >= 0.6 is 0 Å².